The van der Waals surface area contributed by atoms with Gasteiger partial charge in [0.25, 0.3) is 5.91 Å². The van der Waals surface area contributed by atoms with Crippen LogP contribution in [0.15, 0.2) is 59.0 Å². The summed E-state index contributed by atoms with van der Waals surface area (Å²) in [4.78, 5) is 17.1. The Morgan fingerprint density at radius 2 is 1.79 bits per heavy atom. The molecule has 28 heavy (non-hydrogen) atoms. The molecule has 0 saturated heterocycles. The molecule has 4 aromatic rings. The zero-order chi connectivity index (χ0) is 19.8. The molecule has 4 rings (SSSR count). The number of rotatable bonds is 3. The quantitative estimate of drug-likeness (QED) is 0.410. The van der Waals surface area contributed by atoms with Gasteiger partial charge in [-0.2, -0.15) is 0 Å². The summed E-state index contributed by atoms with van der Waals surface area (Å²) in [6, 6.07) is 16.3. The second-order valence-electron chi connectivity index (χ2n) is 6.60. The number of aryl methyl sites for hydroxylation is 2. The Labute approximate surface area is 172 Å². The summed E-state index contributed by atoms with van der Waals surface area (Å²) in [6.07, 6.45) is 0. The van der Waals surface area contributed by atoms with Gasteiger partial charge in [-0.1, -0.05) is 35.3 Å². The molecule has 0 spiro atoms. The van der Waals surface area contributed by atoms with E-state index >= 15 is 0 Å². The van der Waals surface area contributed by atoms with Crippen LogP contribution in [0.5, 0.6) is 0 Å². The Morgan fingerprint density at radius 1 is 0.964 bits per heavy atom. The van der Waals surface area contributed by atoms with E-state index in [0.29, 0.717) is 27.2 Å². The Kier molecular flexibility index (Phi) is 4.84. The van der Waals surface area contributed by atoms with E-state index in [1.807, 2.05) is 50.2 Å². The molecule has 0 saturated carbocycles. The molecule has 0 radical (unpaired) electrons. The van der Waals surface area contributed by atoms with Crippen LogP contribution in [0.4, 0.5) is 5.69 Å². The zero-order valence-electron chi connectivity index (χ0n) is 15.2. The van der Waals surface area contributed by atoms with E-state index < -0.39 is 0 Å². The lowest BCUT2D eigenvalue weighted by Gasteiger charge is -2.10. The first-order chi connectivity index (χ1) is 13.4. The molecule has 3 aromatic carbocycles. The summed E-state index contributed by atoms with van der Waals surface area (Å²) in [6.45, 7) is 3.92. The van der Waals surface area contributed by atoms with E-state index in [2.05, 4.69) is 10.3 Å². The number of nitrogens with zero attached hydrogens (tertiary/aromatic N) is 1. The van der Waals surface area contributed by atoms with Crippen molar-refractivity contribution in [2.75, 3.05) is 5.32 Å². The molecule has 0 bridgehead atoms. The number of benzene rings is 3. The Morgan fingerprint density at radius 3 is 2.57 bits per heavy atom. The Balaban J connectivity index is 1.66. The van der Waals surface area contributed by atoms with Crippen LogP contribution in [0.3, 0.4) is 0 Å². The van der Waals surface area contributed by atoms with Crippen LogP contribution in [-0.2, 0) is 0 Å². The van der Waals surface area contributed by atoms with Gasteiger partial charge in [0.05, 0.1) is 10.0 Å². The van der Waals surface area contributed by atoms with Crippen LogP contribution in [0.25, 0.3) is 22.6 Å². The average Bonchev–Trinajstić information content (AvgIpc) is 3.08. The SMILES string of the molecule is Cc1ccc2nc(-c3ccc(C)c(NC(=O)c4ccc(Cl)c(Cl)c4)c3)oc2c1. The van der Waals surface area contributed by atoms with Crippen LogP contribution in [0.1, 0.15) is 21.5 Å². The van der Waals surface area contributed by atoms with Crippen molar-refractivity contribution in [1.29, 1.82) is 0 Å². The molecule has 0 fully saturated rings. The predicted molar refractivity (Wildman–Crippen MR) is 113 cm³/mol. The van der Waals surface area contributed by atoms with Gasteiger partial charge in [-0.05, 0) is 67.4 Å². The summed E-state index contributed by atoms with van der Waals surface area (Å²) >= 11 is 11.9. The van der Waals surface area contributed by atoms with Gasteiger partial charge >= 0.3 is 0 Å². The topological polar surface area (TPSA) is 55.1 Å². The number of carbonyl (C=O) groups excluding carboxylic acids is 1. The van der Waals surface area contributed by atoms with Gasteiger partial charge in [0, 0.05) is 16.8 Å². The third-order valence-electron chi connectivity index (χ3n) is 4.46. The maximum atomic E-state index is 12.6. The van der Waals surface area contributed by atoms with E-state index in [1.54, 1.807) is 18.2 Å². The summed E-state index contributed by atoms with van der Waals surface area (Å²) in [5, 5.41) is 3.66. The van der Waals surface area contributed by atoms with Crippen LogP contribution < -0.4 is 5.32 Å². The zero-order valence-corrected chi connectivity index (χ0v) is 16.7. The number of oxazole rings is 1. The lowest BCUT2D eigenvalue weighted by Crippen LogP contribution is -2.12. The smallest absolute Gasteiger partial charge is 0.255 e. The second kappa shape index (κ2) is 7.30. The molecule has 0 aliphatic carbocycles. The number of hydrogen-bond acceptors (Lipinski definition) is 3. The maximum Gasteiger partial charge on any atom is 0.255 e. The highest BCUT2D eigenvalue weighted by Gasteiger charge is 2.13. The Bertz CT molecular complexity index is 1210. The number of carbonyl (C=O) groups is 1. The Hall–Kier alpha value is -2.82. The van der Waals surface area contributed by atoms with Crippen LogP contribution in [0.2, 0.25) is 10.0 Å². The van der Waals surface area contributed by atoms with Crippen molar-refractivity contribution in [3.8, 4) is 11.5 Å². The average molecular weight is 411 g/mol. The number of amides is 1. The van der Waals surface area contributed by atoms with E-state index in [4.69, 9.17) is 27.6 Å². The van der Waals surface area contributed by atoms with Crippen molar-refractivity contribution in [2.24, 2.45) is 0 Å². The van der Waals surface area contributed by atoms with Crippen molar-refractivity contribution < 1.29 is 9.21 Å². The predicted octanol–water partition coefficient (Wildman–Crippen LogP) is 6.67. The number of aromatic nitrogens is 1. The lowest BCUT2D eigenvalue weighted by molar-refractivity contribution is 0.102. The normalized spacial score (nSPS) is 11.0. The summed E-state index contributed by atoms with van der Waals surface area (Å²) in [5.41, 5.74) is 5.43. The number of halogens is 2. The molecule has 140 valence electrons. The van der Waals surface area contributed by atoms with Gasteiger partial charge in [-0.15, -0.1) is 0 Å². The molecule has 1 heterocycles. The second-order valence-corrected chi connectivity index (χ2v) is 7.42. The van der Waals surface area contributed by atoms with Crippen LogP contribution in [-0.4, -0.2) is 10.9 Å². The summed E-state index contributed by atoms with van der Waals surface area (Å²) in [7, 11) is 0. The highest BCUT2D eigenvalue weighted by Crippen LogP contribution is 2.29. The maximum absolute atomic E-state index is 12.6. The molecule has 0 atom stereocenters. The van der Waals surface area contributed by atoms with E-state index in [1.165, 1.54) is 0 Å². The first-order valence-corrected chi connectivity index (χ1v) is 9.41. The van der Waals surface area contributed by atoms with Gasteiger partial charge < -0.3 is 9.73 Å². The van der Waals surface area contributed by atoms with E-state index in [9.17, 15) is 4.79 Å². The monoisotopic (exact) mass is 410 g/mol. The third kappa shape index (κ3) is 3.61. The van der Waals surface area contributed by atoms with Gasteiger partial charge in [0.2, 0.25) is 5.89 Å². The van der Waals surface area contributed by atoms with Gasteiger partial charge in [0.1, 0.15) is 5.52 Å². The minimum atomic E-state index is -0.271. The molecule has 0 aliphatic heterocycles. The first-order valence-electron chi connectivity index (χ1n) is 8.65. The minimum Gasteiger partial charge on any atom is -0.436 e. The molecule has 1 aromatic heterocycles. The fourth-order valence-corrected chi connectivity index (χ4v) is 3.17. The number of anilines is 1. The van der Waals surface area contributed by atoms with Crippen LogP contribution in [0, 0.1) is 13.8 Å². The van der Waals surface area contributed by atoms with Crippen molar-refractivity contribution in [3.63, 3.8) is 0 Å². The summed E-state index contributed by atoms with van der Waals surface area (Å²) in [5.74, 6) is 0.234. The first kappa shape index (κ1) is 18.5. The number of hydrogen-bond donors (Lipinski definition) is 1. The van der Waals surface area contributed by atoms with Crippen molar-refractivity contribution >= 4 is 45.9 Å². The molecule has 1 N–H and O–H groups in total. The fraction of sp³-hybridized carbons (Fsp3) is 0.0909. The molecule has 0 aliphatic rings. The number of nitrogens with one attached hydrogen (secondary N) is 1. The number of fused-ring (bicyclic) bond motifs is 1. The molecule has 0 unspecified atom stereocenters. The molecule has 4 nitrogen and oxygen atoms in total. The molecule has 1 amide bonds. The standard InChI is InChI=1S/C22H16Cl2N2O2/c1-12-3-8-18-20(9-12)28-22(26-18)15-5-4-13(2)19(11-15)25-21(27)14-6-7-16(23)17(24)10-14/h3-11H,1-2H3,(H,25,27). The van der Waals surface area contributed by atoms with Crippen molar-refractivity contribution in [2.45, 2.75) is 13.8 Å². The van der Waals surface area contributed by atoms with Gasteiger partial charge in [-0.25, -0.2) is 4.98 Å². The lowest BCUT2D eigenvalue weighted by atomic mass is 10.1. The summed E-state index contributed by atoms with van der Waals surface area (Å²) < 4.78 is 5.89. The molecular weight excluding hydrogens is 395 g/mol. The van der Waals surface area contributed by atoms with Gasteiger partial charge in [-0.3, -0.25) is 4.79 Å². The van der Waals surface area contributed by atoms with Crippen molar-refractivity contribution in [3.05, 3.63) is 81.3 Å². The largest absolute Gasteiger partial charge is 0.436 e. The van der Waals surface area contributed by atoms with E-state index in [0.717, 1.165) is 27.8 Å². The van der Waals surface area contributed by atoms with Crippen molar-refractivity contribution in [1.82, 2.24) is 4.98 Å². The van der Waals surface area contributed by atoms with Gasteiger partial charge in [0.15, 0.2) is 5.58 Å². The highest BCUT2D eigenvalue weighted by molar-refractivity contribution is 6.42. The van der Waals surface area contributed by atoms with Crippen LogP contribution >= 0.6 is 23.2 Å². The van der Waals surface area contributed by atoms with E-state index in [-0.39, 0.29) is 5.91 Å². The molecular formula is C22H16Cl2N2O2. The minimum absolute atomic E-state index is 0.271. The molecule has 6 heteroatoms. The third-order valence-corrected chi connectivity index (χ3v) is 5.20. The fourth-order valence-electron chi connectivity index (χ4n) is 2.88. The highest BCUT2D eigenvalue weighted by atomic mass is 35.5.